The Morgan fingerprint density at radius 3 is 2.68 bits per heavy atom. The average Bonchev–Trinajstić information content (AvgIpc) is 3.38. The molecule has 0 spiro atoms. The van der Waals surface area contributed by atoms with Crippen LogP contribution in [0.15, 0.2) is 53.4 Å². The van der Waals surface area contributed by atoms with Gasteiger partial charge in [0.1, 0.15) is 0 Å². The van der Waals surface area contributed by atoms with Crippen LogP contribution in [0.25, 0.3) is 6.08 Å². The number of fused-ring (bicyclic) bond motifs is 1. The van der Waals surface area contributed by atoms with E-state index < -0.39 is 0 Å². The molecule has 3 atom stereocenters. The molecule has 5 rings (SSSR count). The van der Waals surface area contributed by atoms with Crippen LogP contribution in [0, 0.1) is 6.92 Å². The van der Waals surface area contributed by atoms with Gasteiger partial charge in [0.25, 0.3) is 11.8 Å². The zero-order valence-corrected chi connectivity index (χ0v) is 22.9. The van der Waals surface area contributed by atoms with Crippen molar-refractivity contribution in [2.45, 2.75) is 76.3 Å². The molecule has 1 saturated carbocycles. The number of thioether (sulfide) groups is 1. The lowest BCUT2D eigenvalue weighted by atomic mass is 9.92. The summed E-state index contributed by atoms with van der Waals surface area (Å²) in [7, 11) is 0. The van der Waals surface area contributed by atoms with Gasteiger partial charge in [0.15, 0.2) is 0 Å². The molecule has 2 amide bonds. The van der Waals surface area contributed by atoms with Crippen LogP contribution in [-0.4, -0.2) is 58.6 Å². The van der Waals surface area contributed by atoms with E-state index in [2.05, 4.69) is 53.2 Å². The summed E-state index contributed by atoms with van der Waals surface area (Å²) in [5.74, 6) is 0.105. The zero-order chi connectivity index (χ0) is 25.8. The van der Waals surface area contributed by atoms with Gasteiger partial charge in [-0.2, -0.15) is 0 Å². The summed E-state index contributed by atoms with van der Waals surface area (Å²) < 4.78 is 0. The van der Waals surface area contributed by atoms with E-state index in [9.17, 15) is 9.59 Å². The van der Waals surface area contributed by atoms with Crippen molar-refractivity contribution in [3.8, 4) is 0 Å². The maximum atomic E-state index is 13.7. The van der Waals surface area contributed by atoms with Crippen molar-refractivity contribution in [3.63, 3.8) is 0 Å². The fraction of sp³-hybridized carbons (Fsp3) is 0.484. The highest BCUT2D eigenvalue weighted by molar-refractivity contribution is 8.04. The van der Waals surface area contributed by atoms with Crippen LogP contribution in [0.2, 0.25) is 0 Å². The number of amides is 2. The molecule has 3 fully saturated rings. The molecule has 1 N–H and O–H groups in total. The predicted octanol–water partition coefficient (Wildman–Crippen LogP) is 5.64. The van der Waals surface area contributed by atoms with Gasteiger partial charge in [-0.25, -0.2) is 0 Å². The van der Waals surface area contributed by atoms with Gasteiger partial charge in [0, 0.05) is 36.0 Å². The van der Waals surface area contributed by atoms with Crippen LogP contribution >= 0.6 is 11.8 Å². The second-order valence-electron chi connectivity index (χ2n) is 10.7. The van der Waals surface area contributed by atoms with E-state index in [4.69, 9.17) is 0 Å². The third kappa shape index (κ3) is 6.12. The lowest BCUT2D eigenvalue weighted by Gasteiger charge is -2.44. The Morgan fingerprint density at radius 1 is 1.08 bits per heavy atom. The molecule has 37 heavy (non-hydrogen) atoms. The first-order chi connectivity index (χ1) is 18.0. The smallest absolute Gasteiger partial charge is 0.260 e. The van der Waals surface area contributed by atoms with E-state index >= 15 is 0 Å². The van der Waals surface area contributed by atoms with Crippen molar-refractivity contribution in [1.82, 2.24) is 15.1 Å². The number of aryl methyl sites for hydroxylation is 1. The Bertz CT molecular complexity index is 1150. The molecule has 1 aliphatic carbocycles. The molecule has 5 nitrogen and oxygen atoms in total. The number of benzene rings is 2. The Hall–Kier alpha value is -2.57. The van der Waals surface area contributed by atoms with Crippen molar-refractivity contribution in [3.05, 3.63) is 75.7 Å². The van der Waals surface area contributed by atoms with Gasteiger partial charge in [0.2, 0.25) is 0 Å². The van der Waals surface area contributed by atoms with Crippen LogP contribution in [0.4, 0.5) is 0 Å². The molecule has 2 heterocycles. The summed E-state index contributed by atoms with van der Waals surface area (Å²) >= 11 is 1.76. The second kappa shape index (κ2) is 11.9. The Balaban J connectivity index is 1.28. The predicted molar refractivity (Wildman–Crippen MR) is 152 cm³/mol. The molecule has 0 bridgehead atoms. The Kier molecular flexibility index (Phi) is 8.36. The molecule has 196 valence electrons. The van der Waals surface area contributed by atoms with E-state index in [0.29, 0.717) is 36.0 Å². The van der Waals surface area contributed by atoms with Gasteiger partial charge in [0.05, 0.1) is 4.91 Å². The molecule has 3 aliphatic rings. The first-order valence-electron chi connectivity index (χ1n) is 13.9. The SMILES string of the molecule is CCN1CCCC1CNC(=O)c1ccc(/C=C2/SC3CCCCC3N(Cc3cccc(C)c3)C2=O)cc1. The maximum Gasteiger partial charge on any atom is 0.260 e. The van der Waals surface area contributed by atoms with E-state index in [1.807, 2.05) is 30.3 Å². The van der Waals surface area contributed by atoms with Crippen molar-refractivity contribution in [2.75, 3.05) is 19.6 Å². The number of hydrogen-bond donors (Lipinski definition) is 1. The molecule has 6 heteroatoms. The zero-order valence-electron chi connectivity index (χ0n) is 22.1. The fourth-order valence-corrected chi connectivity index (χ4v) is 7.58. The van der Waals surface area contributed by atoms with Crippen LogP contribution in [-0.2, 0) is 11.3 Å². The van der Waals surface area contributed by atoms with E-state index in [0.717, 1.165) is 42.8 Å². The third-order valence-corrected chi connectivity index (χ3v) is 9.53. The van der Waals surface area contributed by atoms with E-state index in [1.165, 1.54) is 30.4 Å². The van der Waals surface area contributed by atoms with Gasteiger partial charge in [-0.3, -0.25) is 14.5 Å². The second-order valence-corrected chi connectivity index (χ2v) is 12.0. The van der Waals surface area contributed by atoms with E-state index in [-0.39, 0.29) is 11.8 Å². The molecule has 0 aromatic heterocycles. The molecular formula is C31H39N3O2S. The van der Waals surface area contributed by atoms with Gasteiger partial charge in [-0.15, -0.1) is 11.8 Å². The number of likely N-dealkylation sites (N-methyl/N-ethyl adjacent to an activating group) is 1. The maximum absolute atomic E-state index is 13.7. The lowest BCUT2D eigenvalue weighted by Crippen LogP contribution is -2.50. The molecule has 0 radical (unpaired) electrons. The molecule has 2 aromatic carbocycles. The average molecular weight is 518 g/mol. The first kappa shape index (κ1) is 26.1. The summed E-state index contributed by atoms with van der Waals surface area (Å²) in [4.78, 5) is 31.8. The molecule has 2 aliphatic heterocycles. The minimum atomic E-state index is -0.0281. The van der Waals surface area contributed by atoms with Gasteiger partial charge in [-0.05, 0) is 75.0 Å². The third-order valence-electron chi connectivity index (χ3n) is 8.13. The summed E-state index contributed by atoms with van der Waals surface area (Å²) in [6.45, 7) is 7.80. The summed E-state index contributed by atoms with van der Waals surface area (Å²) in [5, 5.41) is 3.57. The molecule has 2 aromatic rings. The largest absolute Gasteiger partial charge is 0.350 e. The number of likely N-dealkylation sites (tertiary alicyclic amines) is 1. The van der Waals surface area contributed by atoms with Gasteiger partial charge < -0.3 is 10.2 Å². The van der Waals surface area contributed by atoms with Crippen LogP contribution in [0.5, 0.6) is 0 Å². The topological polar surface area (TPSA) is 52.7 Å². The Labute approximate surface area is 225 Å². The summed E-state index contributed by atoms with van der Waals surface area (Å²) in [6.07, 6.45) is 9.03. The fourth-order valence-electron chi connectivity index (χ4n) is 6.11. The van der Waals surface area contributed by atoms with Crippen molar-refractivity contribution < 1.29 is 9.59 Å². The normalized spacial score (nSPS) is 25.4. The quantitative estimate of drug-likeness (QED) is 0.483. The van der Waals surface area contributed by atoms with Gasteiger partial charge in [-0.1, -0.05) is 61.7 Å². The van der Waals surface area contributed by atoms with Crippen LogP contribution < -0.4 is 5.32 Å². The highest BCUT2D eigenvalue weighted by Gasteiger charge is 2.40. The minimum Gasteiger partial charge on any atom is -0.350 e. The lowest BCUT2D eigenvalue weighted by molar-refractivity contribution is -0.130. The number of carbonyl (C=O) groups excluding carboxylic acids is 2. The molecular weight excluding hydrogens is 478 g/mol. The Morgan fingerprint density at radius 2 is 1.89 bits per heavy atom. The number of rotatable bonds is 7. The van der Waals surface area contributed by atoms with E-state index in [1.54, 1.807) is 11.8 Å². The monoisotopic (exact) mass is 517 g/mol. The minimum absolute atomic E-state index is 0.0281. The molecule has 2 saturated heterocycles. The highest BCUT2D eigenvalue weighted by atomic mass is 32.2. The van der Waals surface area contributed by atoms with Gasteiger partial charge >= 0.3 is 0 Å². The molecule has 3 unspecified atom stereocenters. The summed E-state index contributed by atoms with van der Waals surface area (Å²) in [5.41, 5.74) is 4.05. The number of nitrogens with one attached hydrogen (secondary N) is 1. The number of nitrogens with zero attached hydrogens (tertiary/aromatic N) is 2. The van der Waals surface area contributed by atoms with Crippen molar-refractivity contribution in [2.24, 2.45) is 0 Å². The highest BCUT2D eigenvalue weighted by Crippen LogP contribution is 2.42. The van der Waals surface area contributed by atoms with Crippen molar-refractivity contribution >= 4 is 29.7 Å². The standard InChI is InChI=1S/C31H39N3O2S/c1-3-33-17-7-10-26(33)20-32-30(35)25-15-13-23(14-16-25)19-29-31(36)34(21-24-9-6-8-22(2)18-24)27-11-4-5-12-28(27)37-29/h6,8-9,13-16,18-19,26-28H,3-5,7,10-12,17,20-21H2,1-2H3,(H,32,35)/b29-19+. The van der Waals surface area contributed by atoms with Crippen LogP contribution in [0.3, 0.4) is 0 Å². The number of carbonyl (C=O) groups is 2. The van der Waals surface area contributed by atoms with Crippen molar-refractivity contribution in [1.29, 1.82) is 0 Å². The first-order valence-corrected chi connectivity index (χ1v) is 14.8. The van der Waals surface area contributed by atoms with Crippen LogP contribution in [0.1, 0.15) is 72.5 Å². The summed E-state index contributed by atoms with van der Waals surface area (Å²) in [6, 6.07) is 16.9. The number of hydrogen-bond acceptors (Lipinski definition) is 4.